The third kappa shape index (κ3) is 3.62. The largest absolute Gasteiger partial charge is 0.374 e. The van der Waals surface area contributed by atoms with Gasteiger partial charge in [-0.05, 0) is 58.0 Å². The van der Waals surface area contributed by atoms with Gasteiger partial charge in [0.1, 0.15) is 6.54 Å². The van der Waals surface area contributed by atoms with E-state index in [-0.39, 0.29) is 0 Å². The number of hydrogen-bond acceptors (Lipinski definition) is 6. The zero-order chi connectivity index (χ0) is 24.9. The van der Waals surface area contributed by atoms with Crippen molar-refractivity contribution in [3.05, 3.63) is 123 Å². The van der Waals surface area contributed by atoms with E-state index in [1.807, 2.05) is 61.6 Å². The second-order valence-electron chi connectivity index (χ2n) is 8.52. The lowest BCUT2D eigenvalue weighted by atomic mass is 9.82. The summed E-state index contributed by atoms with van der Waals surface area (Å²) in [4.78, 5) is 9.12. The molecule has 0 amide bonds. The number of nitrogens with zero attached hydrogens (tertiary/aromatic N) is 7. The van der Waals surface area contributed by atoms with Gasteiger partial charge in [-0.25, -0.2) is 4.98 Å². The standard InChI is InChI=1S/C26H19Cl2N7O/c1-34-15-29-13-23(34)26(36,17-5-8-19(27)9-6-17)18-7-10-22-21(12-18)25(16-3-2-4-20(28)11-16)30-14-24-31-32-33-35(22)24/h2-13,15,36H,14H2,1H3. The summed E-state index contributed by atoms with van der Waals surface area (Å²) in [5.74, 6) is 0.612. The van der Waals surface area contributed by atoms with Gasteiger partial charge < -0.3 is 9.67 Å². The Morgan fingerprint density at radius 2 is 1.75 bits per heavy atom. The first-order valence-electron chi connectivity index (χ1n) is 11.1. The molecular formula is C26H19Cl2N7O. The number of aromatic nitrogens is 6. The first-order valence-corrected chi connectivity index (χ1v) is 11.9. The van der Waals surface area contributed by atoms with E-state index in [4.69, 9.17) is 28.2 Å². The summed E-state index contributed by atoms with van der Waals surface area (Å²) in [7, 11) is 1.85. The third-order valence-corrected chi connectivity index (χ3v) is 6.84. The van der Waals surface area contributed by atoms with Crippen LogP contribution in [-0.4, -0.2) is 40.6 Å². The first-order chi connectivity index (χ1) is 17.4. The SMILES string of the molecule is Cn1cncc1C(O)(c1ccc(Cl)cc1)c1ccc2c(c1)C(c1cccc(Cl)c1)=NCc1nnnn1-2. The van der Waals surface area contributed by atoms with Crippen LogP contribution >= 0.6 is 23.2 Å². The van der Waals surface area contributed by atoms with Gasteiger partial charge in [-0.15, -0.1) is 5.10 Å². The quantitative estimate of drug-likeness (QED) is 0.384. The van der Waals surface area contributed by atoms with E-state index in [2.05, 4.69) is 20.5 Å². The van der Waals surface area contributed by atoms with Gasteiger partial charge in [0.25, 0.3) is 0 Å². The fourth-order valence-electron chi connectivity index (χ4n) is 4.60. The highest BCUT2D eigenvalue weighted by Crippen LogP contribution is 2.39. The molecule has 5 aromatic rings. The molecule has 36 heavy (non-hydrogen) atoms. The summed E-state index contributed by atoms with van der Waals surface area (Å²) in [6.45, 7) is 0.294. The first kappa shape index (κ1) is 22.6. The Hall–Kier alpha value is -3.85. The fraction of sp³-hybridized carbons (Fsp3) is 0.115. The second kappa shape index (κ2) is 8.67. The maximum absolute atomic E-state index is 12.4. The smallest absolute Gasteiger partial charge is 0.178 e. The zero-order valence-electron chi connectivity index (χ0n) is 19.0. The number of aliphatic hydroxyl groups is 1. The van der Waals surface area contributed by atoms with Crippen LogP contribution in [0.5, 0.6) is 0 Å². The minimum atomic E-state index is -1.53. The van der Waals surface area contributed by atoms with E-state index in [9.17, 15) is 5.11 Å². The van der Waals surface area contributed by atoms with Gasteiger partial charge in [0.2, 0.25) is 0 Å². The highest BCUT2D eigenvalue weighted by molar-refractivity contribution is 6.31. The lowest BCUT2D eigenvalue weighted by Gasteiger charge is -2.30. The molecule has 10 heteroatoms. The molecule has 0 saturated heterocycles. The minimum Gasteiger partial charge on any atom is -0.374 e. The van der Waals surface area contributed by atoms with Crippen LogP contribution in [0.3, 0.4) is 0 Å². The molecule has 1 aliphatic rings. The highest BCUT2D eigenvalue weighted by atomic mass is 35.5. The number of hydrogen-bond donors (Lipinski definition) is 1. The number of rotatable bonds is 4. The molecule has 0 bridgehead atoms. The summed E-state index contributed by atoms with van der Waals surface area (Å²) in [5, 5.41) is 25.7. The molecule has 1 N–H and O–H groups in total. The molecule has 1 atom stereocenters. The molecule has 2 aromatic heterocycles. The van der Waals surface area contributed by atoms with Gasteiger partial charge in [0, 0.05) is 28.2 Å². The van der Waals surface area contributed by atoms with Gasteiger partial charge >= 0.3 is 0 Å². The van der Waals surface area contributed by atoms with Crippen LogP contribution in [0.25, 0.3) is 5.69 Å². The van der Waals surface area contributed by atoms with E-state index >= 15 is 0 Å². The molecule has 0 spiro atoms. The lowest BCUT2D eigenvalue weighted by Crippen LogP contribution is -2.31. The number of aliphatic imine (C=N–C) groups is 1. The van der Waals surface area contributed by atoms with Crippen molar-refractivity contribution in [2.75, 3.05) is 0 Å². The number of tetrazole rings is 1. The normalized spacial score (nSPS) is 14.4. The van der Waals surface area contributed by atoms with Gasteiger partial charge in [-0.3, -0.25) is 4.99 Å². The van der Waals surface area contributed by atoms with E-state index < -0.39 is 5.60 Å². The van der Waals surface area contributed by atoms with Crippen molar-refractivity contribution in [2.24, 2.45) is 12.0 Å². The van der Waals surface area contributed by atoms with E-state index in [1.54, 1.807) is 33.9 Å². The molecule has 0 radical (unpaired) electrons. The Morgan fingerprint density at radius 1 is 0.944 bits per heavy atom. The average molecular weight is 516 g/mol. The molecule has 8 nitrogen and oxygen atoms in total. The highest BCUT2D eigenvalue weighted by Gasteiger charge is 2.37. The van der Waals surface area contributed by atoms with Crippen LogP contribution < -0.4 is 0 Å². The van der Waals surface area contributed by atoms with Crippen molar-refractivity contribution in [1.29, 1.82) is 0 Å². The summed E-state index contributed by atoms with van der Waals surface area (Å²) in [6.07, 6.45) is 3.32. The predicted octanol–water partition coefficient (Wildman–Crippen LogP) is 4.34. The van der Waals surface area contributed by atoms with Crippen LogP contribution in [0.2, 0.25) is 10.0 Å². The Labute approximate surface area is 216 Å². The summed E-state index contributed by atoms with van der Waals surface area (Å²) in [5.41, 5.74) is 3.41. The maximum Gasteiger partial charge on any atom is 0.178 e. The Morgan fingerprint density at radius 3 is 2.50 bits per heavy atom. The predicted molar refractivity (Wildman–Crippen MR) is 137 cm³/mol. The van der Waals surface area contributed by atoms with Crippen LogP contribution in [0.4, 0.5) is 0 Å². The van der Waals surface area contributed by atoms with E-state index in [1.165, 1.54) is 0 Å². The average Bonchev–Trinajstić information content (AvgIpc) is 3.50. The van der Waals surface area contributed by atoms with Crippen LogP contribution in [-0.2, 0) is 19.2 Å². The summed E-state index contributed by atoms with van der Waals surface area (Å²) in [6, 6.07) is 20.3. The molecular weight excluding hydrogens is 497 g/mol. The molecule has 3 heterocycles. The van der Waals surface area contributed by atoms with Crippen LogP contribution in [0.1, 0.15) is 33.8 Å². The lowest BCUT2D eigenvalue weighted by molar-refractivity contribution is 0.117. The molecule has 3 aromatic carbocycles. The fourth-order valence-corrected chi connectivity index (χ4v) is 4.92. The molecule has 0 saturated carbocycles. The van der Waals surface area contributed by atoms with E-state index in [0.717, 1.165) is 16.8 Å². The molecule has 1 unspecified atom stereocenters. The topological polar surface area (TPSA) is 94.0 Å². The molecule has 6 rings (SSSR count). The van der Waals surface area contributed by atoms with Crippen molar-refractivity contribution >= 4 is 28.9 Å². The number of imidazole rings is 1. The molecule has 178 valence electrons. The minimum absolute atomic E-state index is 0.294. The maximum atomic E-state index is 12.4. The van der Waals surface area contributed by atoms with Crippen LogP contribution in [0, 0.1) is 0 Å². The second-order valence-corrected chi connectivity index (χ2v) is 9.39. The Kier molecular flexibility index (Phi) is 5.44. The summed E-state index contributed by atoms with van der Waals surface area (Å²) >= 11 is 12.5. The number of benzene rings is 3. The van der Waals surface area contributed by atoms with Crippen molar-refractivity contribution in [3.63, 3.8) is 0 Å². The molecule has 1 aliphatic heterocycles. The van der Waals surface area contributed by atoms with Crippen molar-refractivity contribution in [1.82, 2.24) is 29.8 Å². The molecule has 0 aliphatic carbocycles. The number of aryl methyl sites for hydroxylation is 1. The van der Waals surface area contributed by atoms with Crippen molar-refractivity contribution in [2.45, 2.75) is 12.1 Å². The zero-order valence-corrected chi connectivity index (χ0v) is 20.6. The summed E-state index contributed by atoms with van der Waals surface area (Å²) < 4.78 is 3.47. The Bertz CT molecular complexity index is 1620. The van der Waals surface area contributed by atoms with E-state index in [0.29, 0.717) is 44.9 Å². The van der Waals surface area contributed by atoms with Gasteiger partial charge in [-0.1, -0.05) is 53.5 Å². The van der Waals surface area contributed by atoms with Crippen molar-refractivity contribution in [3.8, 4) is 5.69 Å². The van der Waals surface area contributed by atoms with Gasteiger partial charge in [0.05, 0.1) is 29.6 Å². The molecule has 0 fully saturated rings. The van der Waals surface area contributed by atoms with Crippen LogP contribution in [0.15, 0.2) is 84.2 Å². The van der Waals surface area contributed by atoms with Crippen molar-refractivity contribution < 1.29 is 5.11 Å². The van der Waals surface area contributed by atoms with Gasteiger partial charge in [0.15, 0.2) is 11.4 Å². The number of fused-ring (bicyclic) bond motifs is 3. The van der Waals surface area contributed by atoms with Gasteiger partial charge in [-0.2, -0.15) is 4.68 Å². The third-order valence-electron chi connectivity index (χ3n) is 6.36. The monoisotopic (exact) mass is 515 g/mol. The Balaban J connectivity index is 1.62. The number of halogens is 2.